The zero-order valence-corrected chi connectivity index (χ0v) is 25.4. The summed E-state index contributed by atoms with van der Waals surface area (Å²) in [6.45, 7) is 0. The number of benzene rings is 2. The molecule has 1 N–H and O–H groups in total. The molecule has 2 fully saturated rings. The third kappa shape index (κ3) is 6.53. The van der Waals surface area contributed by atoms with Crippen LogP contribution in [0.4, 0.5) is 24.7 Å². The lowest BCUT2D eigenvalue weighted by Crippen LogP contribution is -2.56. The molecule has 13 heteroatoms. The maximum absolute atomic E-state index is 15.4. The summed E-state index contributed by atoms with van der Waals surface area (Å²) in [5, 5.41) is 12.2. The smallest absolute Gasteiger partial charge is 0.252 e. The fourth-order valence-electron chi connectivity index (χ4n) is 5.95. The number of alkyl halides is 2. The first-order chi connectivity index (χ1) is 22.5. The molecule has 0 spiro atoms. The lowest BCUT2D eigenvalue weighted by Gasteiger charge is -2.39. The van der Waals surface area contributed by atoms with Crippen molar-refractivity contribution in [2.75, 3.05) is 9.80 Å². The van der Waals surface area contributed by atoms with Crippen molar-refractivity contribution in [3.63, 3.8) is 0 Å². The van der Waals surface area contributed by atoms with Crippen molar-refractivity contribution in [1.82, 2.24) is 15.3 Å². The third-order valence-electron chi connectivity index (χ3n) is 8.17. The van der Waals surface area contributed by atoms with Crippen LogP contribution in [0.15, 0.2) is 85.3 Å². The molecule has 47 heavy (non-hydrogen) atoms. The van der Waals surface area contributed by atoms with Gasteiger partial charge >= 0.3 is 0 Å². The molecule has 1 aliphatic carbocycles. The number of rotatable bonds is 8. The van der Waals surface area contributed by atoms with Crippen molar-refractivity contribution in [2.45, 2.75) is 49.7 Å². The Morgan fingerprint density at radius 3 is 2.49 bits per heavy atom. The minimum atomic E-state index is -2.94. The molecule has 9 nitrogen and oxygen atoms in total. The van der Waals surface area contributed by atoms with Crippen molar-refractivity contribution in [1.29, 1.82) is 5.26 Å². The Hall–Kier alpha value is -5.28. The lowest BCUT2D eigenvalue weighted by atomic mass is 9.87. The van der Waals surface area contributed by atoms with E-state index in [4.69, 9.17) is 11.6 Å². The number of amides is 3. The van der Waals surface area contributed by atoms with E-state index in [-0.39, 0.29) is 40.5 Å². The van der Waals surface area contributed by atoms with Gasteiger partial charge in [0.15, 0.2) is 0 Å². The van der Waals surface area contributed by atoms with Gasteiger partial charge in [-0.15, -0.1) is 0 Å². The lowest BCUT2D eigenvalue weighted by molar-refractivity contribution is -0.133. The van der Waals surface area contributed by atoms with Crippen molar-refractivity contribution in [3.8, 4) is 17.2 Å². The van der Waals surface area contributed by atoms with Crippen LogP contribution in [-0.4, -0.2) is 45.7 Å². The highest BCUT2D eigenvalue weighted by molar-refractivity contribution is 6.31. The molecule has 4 aromatic rings. The van der Waals surface area contributed by atoms with Crippen LogP contribution in [0.5, 0.6) is 0 Å². The molecule has 1 saturated carbocycles. The van der Waals surface area contributed by atoms with Crippen molar-refractivity contribution in [3.05, 3.63) is 107 Å². The Morgan fingerprint density at radius 2 is 1.79 bits per heavy atom. The number of carbonyl (C=O) groups is 3. The van der Waals surface area contributed by atoms with Gasteiger partial charge in [-0.25, -0.2) is 18.2 Å². The predicted octanol–water partition coefficient (Wildman–Crippen LogP) is 5.99. The number of hydrogen-bond donors (Lipinski definition) is 1. The topological polar surface area (TPSA) is 119 Å². The molecule has 2 atom stereocenters. The first kappa shape index (κ1) is 31.7. The number of aromatic nitrogens is 2. The highest BCUT2D eigenvalue weighted by Crippen LogP contribution is 2.40. The summed E-state index contributed by atoms with van der Waals surface area (Å²) >= 11 is 6.60. The quantitative estimate of drug-likeness (QED) is 0.248. The number of nitriles is 1. The van der Waals surface area contributed by atoms with Gasteiger partial charge in [-0.1, -0.05) is 29.8 Å². The average Bonchev–Trinajstić information content (AvgIpc) is 3.44. The molecule has 6 rings (SSSR count). The highest BCUT2D eigenvalue weighted by Gasteiger charge is 2.48. The molecule has 2 aliphatic rings. The van der Waals surface area contributed by atoms with E-state index in [0.29, 0.717) is 11.1 Å². The Morgan fingerprint density at radius 1 is 1.04 bits per heavy atom. The predicted molar refractivity (Wildman–Crippen MR) is 167 cm³/mol. The van der Waals surface area contributed by atoms with Crippen LogP contribution in [-0.2, 0) is 14.4 Å². The van der Waals surface area contributed by atoms with E-state index in [2.05, 4.69) is 15.3 Å². The van der Waals surface area contributed by atoms with Gasteiger partial charge in [-0.05, 0) is 66.1 Å². The SMILES string of the molecule is N#Cc1ccnc(N2C(=O)CC[C@H]2C(=O)N(c2cc(F)cc(-c3ccncc3)c2)C(C(=O)NC2CC(F)(F)C2)c2ccccc2Cl)c1. The number of nitrogens with one attached hydrogen (secondary N) is 1. The van der Waals surface area contributed by atoms with E-state index in [1.165, 1.54) is 55.0 Å². The molecule has 0 bridgehead atoms. The van der Waals surface area contributed by atoms with Crippen LogP contribution in [0, 0.1) is 17.1 Å². The number of hydrogen-bond acceptors (Lipinski definition) is 6. The molecular formula is C34H26ClF3N6O3. The largest absolute Gasteiger partial charge is 0.351 e. The number of pyridine rings is 2. The van der Waals surface area contributed by atoms with Crippen molar-refractivity contribution < 1.29 is 27.6 Å². The molecule has 238 valence electrons. The number of anilines is 2. The average molecular weight is 659 g/mol. The van der Waals surface area contributed by atoms with Gasteiger partial charge in [0.1, 0.15) is 23.7 Å². The maximum Gasteiger partial charge on any atom is 0.252 e. The van der Waals surface area contributed by atoms with Gasteiger partial charge in [-0.3, -0.25) is 29.2 Å². The monoisotopic (exact) mass is 658 g/mol. The normalized spacial score (nSPS) is 17.8. The zero-order valence-electron chi connectivity index (χ0n) is 24.6. The van der Waals surface area contributed by atoms with E-state index in [1.54, 1.807) is 24.3 Å². The zero-order chi connectivity index (χ0) is 33.3. The van der Waals surface area contributed by atoms with Crippen LogP contribution in [0.1, 0.15) is 42.9 Å². The molecule has 3 heterocycles. The minimum Gasteiger partial charge on any atom is -0.351 e. The summed E-state index contributed by atoms with van der Waals surface area (Å²) in [6.07, 6.45) is 3.17. The van der Waals surface area contributed by atoms with Gasteiger partial charge in [-0.2, -0.15) is 5.26 Å². The Bertz CT molecular complexity index is 1900. The summed E-state index contributed by atoms with van der Waals surface area (Å²) in [7, 11) is 0. The molecule has 1 unspecified atom stereocenters. The van der Waals surface area contributed by atoms with E-state index in [9.17, 15) is 28.4 Å². The second kappa shape index (κ2) is 12.8. The molecule has 0 radical (unpaired) electrons. The van der Waals surface area contributed by atoms with Gasteiger partial charge in [0.2, 0.25) is 11.8 Å². The first-order valence-corrected chi connectivity index (χ1v) is 15.1. The molecular weight excluding hydrogens is 633 g/mol. The summed E-state index contributed by atoms with van der Waals surface area (Å²) in [4.78, 5) is 52.7. The first-order valence-electron chi connectivity index (χ1n) is 14.7. The second-order valence-electron chi connectivity index (χ2n) is 11.4. The van der Waals surface area contributed by atoms with E-state index >= 15 is 4.39 Å². The molecule has 1 saturated heterocycles. The summed E-state index contributed by atoms with van der Waals surface area (Å²) < 4.78 is 43.0. The Kier molecular flexibility index (Phi) is 8.66. The van der Waals surface area contributed by atoms with E-state index in [0.717, 1.165) is 15.9 Å². The number of carbonyl (C=O) groups excluding carboxylic acids is 3. The van der Waals surface area contributed by atoms with Gasteiger partial charge in [0.25, 0.3) is 11.8 Å². The number of nitrogens with zero attached hydrogens (tertiary/aromatic N) is 5. The molecule has 3 amide bonds. The van der Waals surface area contributed by atoms with Crippen LogP contribution in [0.2, 0.25) is 5.02 Å². The van der Waals surface area contributed by atoms with Gasteiger partial charge in [0.05, 0.1) is 11.6 Å². The van der Waals surface area contributed by atoms with E-state index < -0.39 is 60.4 Å². The van der Waals surface area contributed by atoms with Gasteiger partial charge in [0, 0.05) is 60.2 Å². The number of halogens is 4. The third-order valence-corrected chi connectivity index (χ3v) is 8.52. The van der Waals surface area contributed by atoms with Gasteiger partial charge < -0.3 is 5.32 Å². The summed E-state index contributed by atoms with van der Waals surface area (Å²) in [5.74, 6) is -5.65. The van der Waals surface area contributed by atoms with Crippen LogP contribution in [0.3, 0.4) is 0 Å². The Labute approximate surface area is 272 Å². The van der Waals surface area contributed by atoms with Crippen LogP contribution >= 0.6 is 11.6 Å². The minimum absolute atomic E-state index is 0.0187. The second-order valence-corrected chi connectivity index (χ2v) is 11.8. The molecule has 1 aliphatic heterocycles. The standard InChI is InChI=1S/C34H26ClF3N6O3/c35-27-4-2-1-3-26(27)31(32(46)42-24-17-34(37,38)18-24)43(25-15-22(14-23(36)16-25)21-8-10-40-11-9-21)33(47)28-5-6-30(45)44(28)29-13-20(19-39)7-12-41-29/h1-4,7-16,24,28,31H,5-6,17-18H2,(H,42,46)/t28-,31?/m0/s1. The van der Waals surface area contributed by atoms with Crippen molar-refractivity contribution in [2.24, 2.45) is 0 Å². The Balaban J connectivity index is 1.51. The molecule has 2 aromatic carbocycles. The summed E-state index contributed by atoms with van der Waals surface area (Å²) in [5.41, 5.74) is 1.24. The maximum atomic E-state index is 15.4. The fourth-order valence-corrected chi connectivity index (χ4v) is 6.19. The highest BCUT2D eigenvalue weighted by atomic mass is 35.5. The fraction of sp³-hybridized carbons (Fsp3) is 0.235. The summed E-state index contributed by atoms with van der Waals surface area (Å²) in [6, 6.07) is 14.5. The van der Waals surface area contributed by atoms with Crippen LogP contribution in [0.25, 0.3) is 11.1 Å². The van der Waals surface area contributed by atoms with E-state index in [1.807, 2.05) is 6.07 Å². The van der Waals surface area contributed by atoms with Crippen LogP contribution < -0.4 is 15.1 Å². The van der Waals surface area contributed by atoms with Crippen molar-refractivity contribution >= 4 is 40.8 Å². The molecule has 2 aromatic heterocycles.